The maximum Gasteiger partial charge on any atom is 0.145 e. The summed E-state index contributed by atoms with van der Waals surface area (Å²) >= 11 is 1.79. The third-order valence-corrected chi connectivity index (χ3v) is 26.5. The molecule has 0 radical (unpaired) electrons. The van der Waals surface area contributed by atoms with Crippen LogP contribution in [-0.4, -0.2) is 23.2 Å². The molecule has 0 saturated heterocycles. The van der Waals surface area contributed by atoms with Crippen LogP contribution in [0.15, 0.2) is 382 Å². The average molecular weight is 1540 g/mol. The van der Waals surface area contributed by atoms with E-state index in [4.69, 9.17) is 9.97 Å². The van der Waals surface area contributed by atoms with Crippen LogP contribution >= 0.6 is 11.3 Å². The summed E-state index contributed by atoms with van der Waals surface area (Å²) in [6.45, 7) is 0. The van der Waals surface area contributed by atoms with Crippen molar-refractivity contribution in [1.82, 2.24) is 23.2 Å². The summed E-state index contributed by atoms with van der Waals surface area (Å²) < 4.78 is 9.64. The monoisotopic (exact) mass is 1540 g/mol. The van der Waals surface area contributed by atoms with E-state index in [-0.39, 0.29) is 0 Å². The van der Waals surface area contributed by atoms with Crippen LogP contribution in [0.2, 0.25) is 0 Å². The molecule has 120 heavy (non-hydrogen) atoms. The summed E-state index contributed by atoms with van der Waals surface area (Å²) in [5.74, 6) is 0. The Morgan fingerprint density at radius 3 is 1.02 bits per heavy atom. The van der Waals surface area contributed by atoms with Gasteiger partial charge < -0.3 is 8.80 Å². The van der Waals surface area contributed by atoms with Crippen LogP contribution in [0.4, 0.5) is 0 Å². The summed E-state index contributed by atoms with van der Waals surface area (Å²) in [6.07, 6.45) is 3.80. The molecule has 0 N–H and O–H groups in total. The topological polar surface area (TPSA) is 86.6 Å². The zero-order chi connectivity index (χ0) is 79.0. The first-order valence-electron chi connectivity index (χ1n) is 40.6. The molecule has 8 heteroatoms. The van der Waals surface area contributed by atoms with E-state index in [0.717, 1.165) is 43.6 Å². The van der Waals surface area contributed by atoms with Crippen molar-refractivity contribution in [2.24, 2.45) is 0 Å². The van der Waals surface area contributed by atoms with Crippen LogP contribution in [0.25, 0.3) is 242 Å². The molecule has 0 amide bonds. The molecule has 0 aliphatic carbocycles. The first-order chi connectivity index (χ1) is 59.5. The van der Waals surface area contributed by atoms with Gasteiger partial charge in [-0.25, -0.2) is 4.98 Å². The minimum Gasteiger partial charge on any atom is -0.309 e. The fraction of sp³-hybridized carbons (Fsp3) is 0. The Kier molecular flexibility index (Phi) is 14.7. The Labute approximate surface area is 688 Å². The highest BCUT2D eigenvalue weighted by Crippen LogP contribution is 2.49. The molecule has 0 aliphatic heterocycles. The van der Waals surface area contributed by atoms with E-state index in [1.54, 1.807) is 11.3 Å². The van der Waals surface area contributed by atoms with E-state index in [2.05, 4.69) is 365 Å². The van der Waals surface area contributed by atoms with Crippen molar-refractivity contribution in [3.63, 3.8) is 0 Å². The van der Waals surface area contributed by atoms with E-state index in [1.807, 2.05) is 42.7 Å². The van der Waals surface area contributed by atoms with Gasteiger partial charge in [-0.15, -0.1) is 11.3 Å². The predicted octanol–water partition coefficient (Wildman–Crippen LogP) is 30.3. The quantitative estimate of drug-likeness (QED) is 0.112. The number of nitriles is 2. The SMILES string of the molecule is N#Cc1cc2c(cc1C#N)c1cc3sc4ccccc4c3cc1c1cc3ccccc3cc21.c1ccc2c(c1)cc1c3c4ccccc4c4ccccc4c3c3ccccc3n21.c1ccc2c(c1)cc1c3c4ccccc4c4ccccc4c3c3cccnc3n21.c1ccc2c(c1)cc1c3c4ccccc4c4ccccc4c3c3ncccc3n21. The van der Waals surface area contributed by atoms with Gasteiger partial charge in [0.05, 0.1) is 60.8 Å². The second-order valence-electron chi connectivity index (χ2n) is 31.5. The molecule has 9 heterocycles. The van der Waals surface area contributed by atoms with Crippen molar-refractivity contribution in [1.29, 1.82) is 10.5 Å². The van der Waals surface area contributed by atoms with Gasteiger partial charge in [0.15, 0.2) is 0 Å². The number of pyridine rings is 5. The Morgan fingerprint density at radius 2 is 0.525 bits per heavy atom. The zero-order valence-corrected chi connectivity index (χ0v) is 65.2. The lowest BCUT2D eigenvalue weighted by atomic mass is 9.89. The summed E-state index contributed by atoms with van der Waals surface area (Å²) in [4.78, 5) is 9.71. The van der Waals surface area contributed by atoms with Gasteiger partial charge in [0.2, 0.25) is 0 Å². The number of hydrogen-bond acceptors (Lipinski definition) is 5. The number of benzene rings is 19. The predicted molar refractivity (Wildman–Crippen MR) is 509 cm³/mol. The van der Waals surface area contributed by atoms with Crippen LogP contribution in [0, 0.1) is 22.7 Å². The molecule has 552 valence electrons. The second-order valence-corrected chi connectivity index (χ2v) is 32.5. The van der Waals surface area contributed by atoms with Gasteiger partial charge in [-0.1, -0.05) is 261 Å². The van der Waals surface area contributed by atoms with Crippen molar-refractivity contribution in [3.8, 4) is 12.1 Å². The van der Waals surface area contributed by atoms with Gasteiger partial charge in [-0.2, -0.15) is 10.5 Å². The van der Waals surface area contributed by atoms with E-state index >= 15 is 0 Å². The summed E-state index contributed by atoms with van der Waals surface area (Å²) in [5.41, 5.74) is 12.7. The van der Waals surface area contributed by atoms with Gasteiger partial charge >= 0.3 is 0 Å². The minimum absolute atomic E-state index is 0.418. The molecule has 0 saturated carbocycles. The molecule has 19 aromatic carbocycles. The molecular weight excluding hydrogens is 1480 g/mol. The molecule has 0 fully saturated rings. The Bertz CT molecular complexity index is 8870. The third kappa shape index (κ3) is 9.77. The number of aromatic nitrogens is 5. The third-order valence-electron chi connectivity index (χ3n) is 25.3. The molecule has 28 aromatic rings. The minimum atomic E-state index is 0.418. The summed E-state index contributed by atoms with van der Waals surface area (Å²) in [6, 6.07) is 137. The highest BCUT2D eigenvalue weighted by Gasteiger charge is 2.24. The fourth-order valence-corrected chi connectivity index (χ4v) is 21.5. The number of nitrogens with zero attached hydrogens (tertiary/aromatic N) is 7. The van der Waals surface area contributed by atoms with Crippen LogP contribution in [0.3, 0.4) is 0 Å². The molecule has 0 bridgehead atoms. The standard InChI is InChI=1S/C30H14N2S.C28H17N.2C27H16N2/c31-15-19-11-24-22-9-17-5-1-2-6-18(17)10-23(22)26-13-28-21-7-3-4-8-29(21)33-30(28)14-27(26)25(24)12-20(19)16-32;1-7-15-24-18(9-1)17-26-28-22-13-5-3-11-20(22)19-10-2-4-12-21(19)27(28)23-14-6-8-16-25(23)29(24)26;1-6-14-23-17(8-1)16-24-26-21-12-5-3-10-19(21)18-9-2-4-11-20(18)25(26)22-13-7-15-28-27(22)29(23)24;1-6-13-22-17(8-1)16-24-25-20-11-4-2-9-18(20)19-10-3-5-12-21(19)26(25)27-23(29(22)24)14-7-15-28-27/h1-14H;1-17H;2*1-16H. The summed E-state index contributed by atoms with van der Waals surface area (Å²) in [7, 11) is 0. The average Bonchev–Trinajstić information content (AvgIpc) is 1.45. The van der Waals surface area contributed by atoms with E-state index in [1.165, 1.54) is 199 Å². The smallest absolute Gasteiger partial charge is 0.145 e. The first-order valence-corrected chi connectivity index (χ1v) is 41.4. The molecule has 28 rings (SSSR count). The molecule has 7 nitrogen and oxygen atoms in total. The van der Waals surface area contributed by atoms with Crippen LogP contribution in [-0.2, 0) is 0 Å². The molecular formula is C112H63N7S. The van der Waals surface area contributed by atoms with Crippen molar-refractivity contribution in [2.75, 3.05) is 0 Å². The lowest BCUT2D eigenvalue weighted by Gasteiger charge is -2.15. The van der Waals surface area contributed by atoms with Crippen LogP contribution < -0.4 is 0 Å². The Hall–Kier alpha value is -16.1. The fourth-order valence-electron chi connectivity index (χ4n) is 20.3. The number of hydrogen-bond donors (Lipinski definition) is 0. The molecule has 0 atom stereocenters. The van der Waals surface area contributed by atoms with Crippen LogP contribution in [0.1, 0.15) is 11.1 Å². The largest absolute Gasteiger partial charge is 0.309 e. The highest BCUT2D eigenvalue weighted by molar-refractivity contribution is 7.26. The lowest BCUT2D eigenvalue weighted by Crippen LogP contribution is -1.95. The number of fused-ring (bicyclic) bond motifs is 49. The molecule has 0 unspecified atom stereocenters. The van der Waals surface area contributed by atoms with Crippen molar-refractivity contribution in [2.45, 2.75) is 0 Å². The Balaban J connectivity index is 0.0000000887. The molecule has 0 spiro atoms. The highest BCUT2D eigenvalue weighted by atomic mass is 32.1. The van der Waals surface area contributed by atoms with Gasteiger partial charge in [-0.05, 0) is 217 Å². The maximum atomic E-state index is 9.70. The van der Waals surface area contributed by atoms with Gasteiger partial charge in [0.1, 0.15) is 17.8 Å². The summed E-state index contributed by atoms with van der Waals surface area (Å²) in [5, 5.41) is 60.5. The lowest BCUT2D eigenvalue weighted by molar-refractivity contribution is 1.25. The van der Waals surface area contributed by atoms with Gasteiger partial charge in [-0.3, -0.25) is 9.38 Å². The van der Waals surface area contributed by atoms with Crippen molar-refractivity contribution < 1.29 is 0 Å². The normalized spacial score (nSPS) is 12.0. The zero-order valence-electron chi connectivity index (χ0n) is 64.4. The number of para-hydroxylation sites is 4. The number of rotatable bonds is 0. The van der Waals surface area contributed by atoms with Crippen LogP contribution in [0.5, 0.6) is 0 Å². The maximum absolute atomic E-state index is 9.70. The van der Waals surface area contributed by atoms with Gasteiger partial charge in [0.25, 0.3) is 0 Å². The van der Waals surface area contributed by atoms with E-state index < -0.39 is 0 Å². The van der Waals surface area contributed by atoms with Crippen molar-refractivity contribution >= 4 is 254 Å². The van der Waals surface area contributed by atoms with E-state index in [9.17, 15) is 10.5 Å². The molecule has 0 aliphatic rings. The van der Waals surface area contributed by atoms with Crippen molar-refractivity contribution in [3.05, 3.63) is 394 Å². The number of thiophene rings is 1. The van der Waals surface area contributed by atoms with Gasteiger partial charge in [0, 0.05) is 91.8 Å². The van der Waals surface area contributed by atoms with E-state index in [0.29, 0.717) is 11.1 Å². The Morgan fingerprint density at radius 1 is 0.200 bits per heavy atom. The first kappa shape index (κ1) is 67.3. The second kappa shape index (κ2) is 26.2. The molecule has 9 aromatic heterocycles.